The molecule has 1 aromatic carbocycles. The summed E-state index contributed by atoms with van der Waals surface area (Å²) in [5.74, 6) is 0. The van der Waals surface area contributed by atoms with Crippen molar-refractivity contribution in [1.29, 1.82) is 0 Å². The average Bonchev–Trinajstić information content (AvgIpc) is 2.23. The minimum absolute atomic E-state index is 0.0465. The first-order chi connectivity index (χ1) is 8.17. The van der Waals surface area contributed by atoms with Gasteiger partial charge in [-0.25, -0.2) is 13.6 Å². The summed E-state index contributed by atoms with van der Waals surface area (Å²) in [5, 5.41) is 4.87. The zero-order chi connectivity index (χ0) is 14.0. The lowest BCUT2D eigenvalue weighted by atomic mass is 9.93. The van der Waals surface area contributed by atoms with Crippen LogP contribution in [0, 0.1) is 0 Å². The SMILES string of the molecule is CCCC(c1ccccc1)(C(F)(F)F)S(N)(=O)=O. The molecular formula is C11H14F3NO2S. The van der Waals surface area contributed by atoms with Crippen molar-refractivity contribution < 1.29 is 21.6 Å². The standard InChI is InChI=1S/C11H14F3NO2S/c1-2-8-10(11(12,13)14,18(15,16)17)9-6-4-3-5-7-9/h3-7H,2,8H2,1H3,(H2,15,16,17). The quantitative estimate of drug-likeness (QED) is 0.922. The molecule has 0 aromatic heterocycles. The van der Waals surface area contributed by atoms with E-state index in [2.05, 4.69) is 0 Å². The molecule has 102 valence electrons. The molecule has 0 fully saturated rings. The Morgan fingerprint density at radius 1 is 1.17 bits per heavy atom. The summed E-state index contributed by atoms with van der Waals surface area (Å²) >= 11 is 0. The van der Waals surface area contributed by atoms with Crippen LogP contribution >= 0.6 is 0 Å². The summed E-state index contributed by atoms with van der Waals surface area (Å²) in [6, 6.07) is 6.49. The van der Waals surface area contributed by atoms with Gasteiger partial charge < -0.3 is 0 Å². The second-order valence-electron chi connectivity index (χ2n) is 3.99. The Morgan fingerprint density at radius 3 is 2.00 bits per heavy atom. The Kier molecular flexibility index (Phi) is 4.07. The largest absolute Gasteiger partial charge is 0.413 e. The minimum atomic E-state index is -4.96. The van der Waals surface area contributed by atoms with Gasteiger partial charge in [-0.15, -0.1) is 0 Å². The van der Waals surface area contributed by atoms with Crippen LogP contribution in [0.4, 0.5) is 13.2 Å². The fourth-order valence-corrected chi connectivity index (χ4v) is 3.25. The molecule has 0 spiro atoms. The molecule has 1 aromatic rings. The molecule has 2 N–H and O–H groups in total. The molecule has 0 aliphatic heterocycles. The molecular weight excluding hydrogens is 267 g/mol. The van der Waals surface area contributed by atoms with E-state index in [0.29, 0.717) is 0 Å². The van der Waals surface area contributed by atoms with E-state index in [9.17, 15) is 21.6 Å². The van der Waals surface area contributed by atoms with Crippen LogP contribution in [0.5, 0.6) is 0 Å². The number of primary sulfonamides is 1. The summed E-state index contributed by atoms with van der Waals surface area (Å²) < 4.78 is 59.9. The first-order valence-corrected chi connectivity index (χ1v) is 6.86. The average molecular weight is 281 g/mol. The number of benzene rings is 1. The van der Waals surface area contributed by atoms with Crippen molar-refractivity contribution in [2.24, 2.45) is 5.14 Å². The summed E-state index contributed by atoms with van der Waals surface area (Å²) in [5.41, 5.74) is -0.346. The molecule has 0 aliphatic rings. The van der Waals surface area contributed by atoms with Gasteiger partial charge in [-0.2, -0.15) is 13.2 Å². The molecule has 1 rings (SSSR count). The predicted octanol–water partition coefficient (Wildman–Crippen LogP) is 2.53. The van der Waals surface area contributed by atoms with Crippen LogP contribution in [0.15, 0.2) is 30.3 Å². The molecule has 0 aliphatic carbocycles. The van der Waals surface area contributed by atoms with E-state index >= 15 is 0 Å². The molecule has 0 saturated carbocycles. The number of sulfonamides is 1. The maximum Gasteiger partial charge on any atom is 0.413 e. The van der Waals surface area contributed by atoms with Crippen molar-refractivity contribution in [3.8, 4) is 0 Å². The maximum atomic E-state index is 13.3. The monoisotopic (exact) mass is 281 g/mol. The molecule has 18 heavy (non-hydrogen) atoms. The maximum absolute atomic E-state index is 13.3. The van der Waals surface area contributed by atoms with Gasteiger partial charge in [0.25, 0.3) is 0 Å². The Bertz CT molecular complexity index is 499. The van der Waals surface area contributed by atoms with Crippen LogP contribution < -0.4 is 5.14 Å². The molecule has 0 heterocycles. The van der Waals surface area contributed by atoms with Crippen molar-refractivity contribution >= 4 is 10.0 Å². The van der Waals surface area contributed by atoms with Crippen LogP contribution in [-0.2, 0) is 14.8 Å². The van der Waals surface area contributed by atoms with Crippen molar-refractivity contribution in [3.05, 3.63) is 35.9 Å². The van der Waals surface area contributed by atoms with E-state index in [4.69, 9.17) is 5.14 Å². The Morgan fingerprint density at radius 2 is 1.67 bits per heavy atom. The Labute approximate surface area is 104 Å². The van der Waals surface area contributed by atoms with Crippen molar-refractivity contribution in [3.63, 3.8) is 0 Å². The second-order valence-corrected chi connectivity index (χ2v) is 5.77. The molecule has 7 heteroatoms. The molecule has 0 amide bonds. The van der Waals surface area contributed by atoms with E-state index in [-0.39, 0.29) is 12.0 Å². The lowest BCUT2D eigenvalue weighted by molar-refractivity contribution is -0.166. The highest BCUT2D eigenvalue weighted by molar-refractivity contribution is 7.90. The molecule has 0 saturated heterocycles. The Hall–Kier alpha value is -1.08. The highest BCUT2D eigenvalue weighted by Gasteiger charge is 2.63. The third kappa shape index (κ3) is 2.37. The van der Waals surface area contributed by atoms with Crippen LogP contribution in [0.25, 0.3) is 0 Å². The first kappa shape index (κ1) is 15.0. The van der Waals surface area contributed by atoms with Crippen LogP contribution in [0.3, 0.4) is 0 Å². The van der Waals surface area contributed by atoms with E-state index in [1.807, 2.05) is 0 Å². The highest BCUT2D eigenvalue weighted by atomic mass is 32.2. The van der Waals surface area contributed by atoms with E-state index < -0.39 is 27.4 Å². The van der Waals surface area contributed by atoms with Gasteiger partial charge in [-0.3, -0.25) is 0 Å². The number of alkyl halides is 3. The van der Waals surface area contributed by atoms with Gasteiger partial charge in [-0.05, 0) is 12.0 Å². The van der Waals surface area contributed by atoms with Crippen molar-refractivity contribution in [2.75, 3.05) is 0 Å². The van der Waals surface area contributed by atoms with E-state index in [1.54, 1.807) is 0 Å². The third-order valence-electron chi connectivity index (χ3n) is 2.79. The molecule has 1 unspecified atom stereocenters. The third-order valence-corrected chi connectivity index (χ3v) is 4.43. The number of rotatable bonds is 4. The predicted molar refractivity (Wildman–Crippen MR) is 62.2 cm³/mol. The first-order valence-electron chi connectivity index (χ1n) is 5.31. The van der Waals surface area contributed by atoms with Gasteiger partial charge in [0.15, 0.2) is 0 Å². The van der Waals surface area contributed by atoms with Gasteiger partial charge >= 0.3 is 6.18 Å². The Balaban J connectivity index is 3.61. The van der Waals surface area contributed by atoms with E-state index in [0.717, 1.165) is 12.1 Å². The molecule has 1 atom stereocenters. The van der Waals surface area contributed by atoms with Crippen LogP contribution in [0.2, 0.25) is 0 Å². The molecule has 0 radical (unpaired) electrons. The molecule has 3 nitrogen and oxygen atoms in total. The van der Waals surface area contributed by atoms with Gasteiger partial charge in [0.1, 0.15) is 0 Å². The normalized spacial score (nSPS) is 16.3. The zero-order valence-electron chi connectivity index (χ0n) is 9.74. The van der Waals surface area contributed by atoms with Gasteiger partial charge in [0, 0.05) is 0 Å². The fourth-order valence-electron chi connectivity index (χ4n) is 1.98. The number of hydrogen-bond acceptors (Lipinski definition) is 2. The van der Waals surface area contributed by atoms with Crippen molar-refractivity contribution in [1.82, 2.24) is 0 Å². The smallest absolute Gasteiger partial charge is 0.228 e. The summed E-state index contributed by atoms with van der Waals surface area (Å²) in [6.07, 6.45) is -5.51. The number of halogens is 3. The van der Waals surface area contributed by atoms with Gasteiger partial charge in [-0.1, -0.05) is 43.7 Å². The van der Waals surface area contributed by atoms with Crippen molar-refractivity contribution in [2.45, 2.75) is 30.7 Å². The summed E-state index contributed by atoms with van der Waals surface area (Å²) in [6.45, 7) is 1.48. The minimum Gasteiger partial charge on any atom is -0.228 e. The van der Waals surface area contributed by atoms with Gasteiger partial charge in [0.2, 0.25) is 14.8 Å². The summed E-state index contributed by atoms with van der Waals surface area (Å²) in [7, 11) is -4.82. The second kappa shape index (κ2) is 4.89. The lowest BCUT2D eigenvalue weighted by Gasteiger charge is -2.33. The van der Waals surface area contributed by atoms with Gasteiger partial charge in [0.05, 0.1) is 0 Å². The molecule has 0 bridgehead atoms. The fraction of sp³-hybridized carbons (Fsp3) is 0.455. The van der Waals surface area contributed by atoms with Crippen LogP contribution in [-0.4, -0.2) is 14.6 Å². The number of hydrogen-bond donors (Lipinski definition) is 1. The van der Waals surface area contributed by atoms with Crippen LogP contribution in [0.1, 0.15) is 25.3 Å². The highest BCUT2D eigenvalue weighted by Crippen LogP contribution is 2.47. The lowest BCUT2D eigenvalue weighted by Crippen LogP contribution is -2.52. The topological polar surface area (TPSA) is 60.2 Å². The summed E-state index contributed by atoms with van der Waals surface area (Å²) in [4.78, 5) is 0. The van der Waals surface area contributed by atoms with E-state index in [1.165, 1.54) is 25.1 Å². The number of nitrogens with two attached hydrogens (primary N) is 1. The zero-order valence-corrected chi connectivity index (χ0v) is 10.6.